The van der Waals surface area contributed by atoms with Crippen LogP contribution < -0.4 is 11.3 Å². The van der Waals surface area contributed by atoms with Crippen molar-refractivity contribution in [2.75, 3.05) is 0 Å². The lowest BCUT2D eigenvalue weighted by atomic mass is 10.1. The summed E-state index contributed by atoms with van der Waals surface area (Å²) in [6.07, 6.45) is -1.31. The Kier molecular flexibility index (Phi) is 4.76. The van der Waals surface area contributed by atoms with Gasteiger partial charge in [-0.05, 0) is 13.3 Å². The second-order valence-electron chi connectivity index (χ2n) is 2.41. The van der Waals surface area contributed by atoms with Gasteiger partial charge < -0.3 is 10.2 Å². The fourth-order valence-corrected chi connectivity index (χ4v) is 0.592. The molecule has 66 valence electrons. The van der Waals surface area contributed by atoms with Crippen LogP contribution in [0.4, 0.5) is 0 Å². The number of aliphatic hydroxyl groups is 2. The van der Waals surface area contributed by atoms with Crippen LogP contribution >= 0.6 is 0 Å². The lowest BCUT2D eigenvalue weighted by Crippen LogP contribution is -2.32. The van der Waals surface area contributed by atoms with Crippen molar-refractivity contribution in [3.8, 4) is 0 Å². The van der Waals surface area contributed by atoms with Crippen molar-refractivity contribution in [2.45, 2.75) is 32.0 Å². The minimum Gasteiger partial charge on any atom is -0.391 e. The van der Waals surface area contributed by atoms with E-state index < -0.39 is 12.2 Å². The van der Waals surface area contributed by atoms with Gasteiger partial charge in [-0.15, -0.1) is 0 Å². The zero-order valence-corrected chi connectivity index (χ0v) is 6.45. The average Bonchev–Trinajstić information content (AvgIpc) is 1.99. The quantitative estimate of drug-likeness (QED) is 0.230. The summed E-state index contributed by atoms with van der Waals surface area (Å²) in [5.41, 5.74) is 1.93. The van der Waals surface area contributed by atoms with Crippen LogP contribution in [0, 0.1) is 0 Å². The molecule has 0 aliphatic rings. The highest BCUT2D eigenvalue weighted by Gasteiger charge is 2.11. The molecule has 0 aliphatic heterocycles. The number of rotatable bonds is 4. The molecule has 0 rings (SSSR count). The number of amides is 1. The molecular weight excluding hydrogens is 148 g/mol. The Morgan fingerprint density at radius 3 is 2.55 bits per heavy atom. The van der Waals surface area contributed by atoms with Crippen LogP contribution in [0.1, 0.15) is 19.8 Å². The summed E-state index contributed by atoms with van der Waals surface area (Å²) in [7, 11) is 0. The second kappa shape index (κ2) is 5.06. The van der Waals surface area contributed by atoms with Crippen LogP contribution in [0.25, 0.3) is 0 Å². The van der Waals surface area contributed by atoms with E-state index in [1.807, 2.05) is 5.43 Å². The highest BCUT2D eigenvalue weighted by Crippen LogP contribution is 2.00. The fourth-order valence-electron chi connectivity index (χ4n) is 0.592. The van der Waals surface area contributed by atoms with Crippen LogP contribution in [-0.4, -0.2) is 28.3 Å². The van der Waals surface area contributed by atoms with Crippen LogP contribution in [0.15, 0.2) is 0 Å². The zero-order valence-electron chi connectivity index (χ0n) is 6.45. The first-order valence-electron chi connectivity index (χ1n) is 3.43. The minimum atomic E-state index is -0.854. The van der Waals surface area contributed by atoms with Crippen molar-refractivity contribution in [2.24, 2.45) is 5.84 Å². The normalized spacial score (nSPS) is 15.6. The molecular formula is C6H14N2O3. The molecule has 11 heavy (non-hydrogen) atoms. The average molecular weight is 162 g/mol. The molecule has 5 N–H and O–H groups in total. The molecule has 0 heterocycles. The van der Waals surface area contributed by atoms with E-state index in [-0.39, 0.29) is 18.7 Å². The number of hydrogen-bond acceptors (Lipinski definition) is 4. The zero-order chi connectivity index (χ0) is 8.85. The summed E-state index contributed by atoms with van der Waals surface area (Å²) < 4.78 is 0. The van der Waals surface area contributed by atoms with Gasteiger partial charge in [0.05, 0.1) is 12.2 Å². The maximum atomic E-state index is 10.5. The molecule has 0 bridgehead atoms. The standard InChI is InChI=1S/C6H14N2O3/c1-4(9)5(10)2-3-6(11)8-7/h4-5,9-10H,2-3,7H2,1H3,(H,8,11)/t4?,5-/m0/s1. The Balaban J connectivity index is 3.45. The van der Waals surface area contributed by atoms with E-state index in [0.717, 1.165) is 0 Å². The predicted molar refractivity (Wildman–Crippen MR) is 39.3 cm³/mol. The third-order valence-corrected chi connectivity index (χ3v) is 1.39. The first-order chi connectivity index (χ1) is 5.07. The molecule has 5 nitrogen and oxygen atoms in total. The predicted octanol–water partition coefficient (Wildman–Crippen LogP) is -1.50. The largest absolute Gasteiger partial charge is 0.391 e. The van der Waals surface area contributed by atoms with Crippen LogP contribution in [-0.2, 0) is 4.79 Å². The van der Waals surface area contributed by atoms with E-state index in [0.29, 0.717) is 0 Å². The molecule has 0 radical (unpaired) electrons. The Hall–Kier alpha value is -0.650. The molecule has 5 heteroatoms. The maximum absolute atomic E-state index is 10.5. The SMILES string of the molecule is CC(O)[C@@H](O)CCC(=O)NN. The van der Waals surface area contributed by atoms with E-state index in [1.54, 1.807) is 0 Å². The third kappa shape index (κ3) is 4.72. The highest BCUT2D eigenvalue weighted by atomic mass is 16.3. The number of nitrogens with two attached hydrogens (primary N) is 1. The summed E-state index contributed by atoms with van der Waals surface area (Å²) >= 11 is 0. The van der Waals surface area contributed by atoms with E-state index in [9.17, 15) is 4.79 Å². The van der Waals surface area contributed by atoms with Crippen molar-refractivity contribution in [1.29, 1.82) is 0 Å². The van der Waals surface area contributed by atoms with Gasteiger partial charge in [-0.1, -0.05) is 0 Å². The van der Waals surface area contributed by atoms with Gasteiger partial charge in [0.1, 0.15) is 0 Å². The number of hydrogen-bond donors (Lipinski definition) is 4. The summed E-state index contributed by atoms with van der Waals surface area (Å²) in [5.74, 6) is 4.45. The van der Waals surface area contributed by atoms with Crippen molar-refractivity contribution >= 4 is 5.91 Å². The Morgan fingerprint density at radius 2 is 2.18 bits per heavy atom. The van der Waals surface area contributed by atoms with Crippen LogP contribution in [0.3, 0.4) is 0 Å². The number of carbonyl (C=O) groups is 1. The Morgan fingerprint density at radius 1 is 1.64 bits per heavy atom. The van der Waals surface area contributed by atoms with Gasteiger partial charge in [0.25, 0.3) is 0 Å². The summed E-state index contributed by atoms with van der Waals surface area (Å²) in [6, 6.07) is 0. The van der Waals surface area contributed by atoms with E-state index in [4.69, 9.17) is 16.1 Å². The van der Waals surface area contributed by atoms with E-state index in [2.05, 4.69) is 0 Å². The molecule has 1 amide bonds. The van der Waals surface area contributed by atoms with Crippen LogP contribution in [0.5, 0.6) is 0 Å². The Bertz CT molecular complexity index is 127. The lowest BCUT2D eigenvalue weighted by Gasteiger charge is -2.11. The first kappa shape index (κ1) is 10.3. The summed E-state index contributed by atoms with van der Waals surface area (Å²) in [5, 5.41) is 17.8. The lowest BCUT2D eigenvalue weighted by molar-refractivity contribution is -0.122. The minimum absolute atomic E-state index is 0.128. The molecule has 0 aliphatic carbocycles. The molecule has 0 fully saturated rings. The monoisotopic (exact) mass is 162 g/mol. The van der Waals surface area contributed by atoms with Crippen molar-refractivity contribution in [3.63, 3.8) is 0 Å². The van der Waals surface area contributed by atoms with E-state index >= 15 is 0 Å². The first-order valence-corrected chi connectivity index (χ1v) is 3.43. The molecule has 0 aromatic carbocycles. The summed E-state index contributed by atoms with van der Waals surface area (Å²) in [4.78, 5) is 10.5. The summed E-state index contributed by atoms with van der Waals surface area (Å²) in [6.45, 7) is 1.46. The van der Waals surface area contributed by atoms with Crippen LogP contribution in [0.2, 0.25) is 0 Å². The smallest absolute Gasteiger partial charge is 0.233 e. The van der Waals surface area contributed by atoms with Crippen molar-refractivity contribution < 1.29 is 15.0 Å². The van der Waals surface area contributed by atoms with Gasteiger partial charge in [0, 0.05) is 6.42 Å². The van der Waals surface area contributed by atoms with E-state index in [1.165, 1.54) is 6.92 Å². The molecule has 0 aromatic heterocycles. The van der Waals surface area contributed by atoms with Gasteiger partial charge in [-0.25, -0.2) is 5.84 Å². The van der Waals surface area contributed by atoms with Gasteiger partial charge in [-0.3, -0.25) is 10.2 Å². The van der Waals surface area contributed by atoms with Gasteiger partial charge in [0.2, 0.25) is 5.91 Å². The second-order valence-corrected chi connectivity index (χ2v) is 2.41. The molecule has 0 aromatic rings. The Labute approximate surface area is 65.2 Å². The molecule has 0 saturated heterocycles. The number of carbonyl (C=O) groups excluding carboxylic acids is 1. The number of hydrazine groups is 1. The van der Waals surface area contributed by atoms with Crippen molar-refractivity contribution in [1.82, 2.24) is 5.43 Å². The fraction of sp³-hybridized carbons (Fsp3) is 0.833. The molecule has 2 atom stereocenters. The molecule has 1 unspecified atom stereocenters. The topological polar surface area (TPSA) is 95.6 Å². The number of nitrogens with one attached hydrogen (secondary N) is 1. The number of aliphatic hydroxyl groups excluding tert-OH is 2. The van der Waals surface area contributed by atoms with Gasteiger partial charge in [-0.2, -0.15) is 0 Å². The van der Waals surface area contributed by atoms with Crippen molar-refractivity contribution in [3.05, 3.63) is 0 Å². The van der Waals surface area contributed by atoms with Gasteiger partial charge >= 0.3 is 0 Å². The molecule has 0 spiro atoms. The third-order valence-electron chi connectivity index (χ3n) is 1.39. The molecule has 0 saturated carbocycles. The highest BCUT2D eigenvalue weighted by molar-refractivity contribution is 5.75. The maximum Gasteiger partial charge on any atom is 0.233 e. The van der Waals surface area contributed by atoms with Gasteiger partial charge in [0.15, 0.2) is 0 Å².